The quantitative estimate of drug-likeness (QED) is 0.225. The standard InChI is InChI=1S/C11H13N3.CH5N3O/c1-7-3-4-9(6-10(7)12)11-5-8(2)13-14-11;2-1(5)4-3/h3-6H,12H2,1-2H3,(H,13,14);3H2,(H3,2,4,5). The number of nitrogen functional groups attached to an aromatic ring is 1. The molecule has 7 heteroatoms. The summed E-state index contributed by atoms with van der Waals surface area (Å²) in [6.07, 6.45) is 0. The van der Waals surface area contributed by atoms with Crippen LogP contribution >= 0.6 is 0 Å². The van der Waals surface area contributed by atoms with Gasteiger partial charge in [0.1, 0.15) is 0 Å². The van der Waals surface area contributed by atoms with Gasteiger partial charge in [-0.1, -0.05) is 12.1 Å². The number of hydrazine groups is 1. The fourth-order valence-corrected chi connectivity index (χ4v) is 1.38. The fourth-order valence-electron chi connectivity index (χ4n) is 1.38. The number of hydrogen-bond acceptors (Lipinski definition) is 4. The maximum atomic E-state index is 9.35. The van der Waals surface area contributed by atoms with Gasteiger partial charge in [-0.2, -0.15) is 5.10 Å². The van der Waals surface area contributed by atoms with Crippen LogP contribution in [0.15, 0.2) is 24.3 Å². The van der Waals surface area contributed by atoms with Gasteiger partial charge < -0.3 is 11.5 Å². The van der Waals surface area contributed by atoms with E-state index < -0.39 is 6.03 Å². The van der Waals surface area contributed by atoms with Crippen LogP contribution < -0.4 is 22.7 Å². The molecule has 0 fully saturated rings. The average molecular weight is 262 g/mol. The number of primary amides is 1. The first-order chi connectivity index (χ1) is 8.93. The minimum atomic E-state index is -0.718. The summed E-state index contributed by atoms with van der Waals surface area (Å²) >= 11 is 0. The van der Waals surface area contributed by atoms with E-state index in [2.05, 4.69) is 21.8 Å². The highest BCUT2D eigenvalue weighted by Gasteiger charge is 2.02. The highest BCUT2D eigenvalue weighted by Crippen LogP contribution is 2.22. The van der Waals surface area contributed by atoms with Crippen molar-refractivity contribution in [3.8, 4) is 11.3 Å². The normalized spacial score (nSPS) is 9.42. The molecule has 0 bridgehead atoms. The Labute approximate surface area is 111 Å². The predicted molar refractivity (Wildman–Crippen MR) is 74.8 cm³/mol. The van der Waals surface area contributed by atoms with Crippen molar-refractivity contribution in [3.05, 3.63) is 35.5 Å². The number of hydrogen-bond donors (Lipinski definition) is 5. The van der Waals surface area contributed by atoms with E-state index in [-0.39, 0.29) is 0 Å². The molecule has 1 aromatic heterocycles. The maximum Gasteiger partial charge on any atom is 0.326 e. The number of nitrogens with one attached hydrogen (secondary N) is 2. The van der Waals surface area contributed by atoms with Crippen LogP contribution in [0.5, 0.6) is 0 Å². The number of anilines is 1. The lowest BCUT2D eigenvalue weighted by Gasteiger charge is -2.02. The van der Waals surface area contributed by atoms with Gasteiger partial charge in [-0.15, -0.1) is 0 Å². The third-order valence-corrected chi connectivity index (χ3v) is 2.44. The second-order valence-corrected chi connectivity index (χ2v) is 4.00. The molecule has 1 heterocycles. The van der Waals surface area contributed by atoms with Crippen molar-refractivity contribution >= 4 is 11.7 Å². The molecular weight excluding hydrogens is 244 g/mol. The first-order valence-electron chi connectivity index (χ1n) is 5.58. The molecule has 0 radical (unpaired) electrons. The molecule has 2 amide bonds. The number of rotatable bonds is 1. The molecular formula is C12H18N6O. The Morgan fingerprint density at radius 1 is 1.32 bits per heavy atom. The summed E-state index contributed by atoms with van der Waals surface area (Å²) in [5.41, 5.74) is 16.9. The van der Waals surface area contributed by atoms with Crippen molar-refractivity contribution in [2.75, 3.05) is 5.73 Å². The molecule has 7 nitrogen and oxygen atoms in total. The minimum absolute atomic E-state index is 0.718. The lowest BCUT2D eigenvalue weighted by molar-refractivity contribution is 0.249. The number of nitrogens with zero attached hydrogens (tertiary/aromatic N) is 1. The Morgan fingerprint density at radius 3 is 2.37 bits per heavy atom. The molecule has 0 aliphatic heterocycles. The van der Waals surface area contributed by atoms with Gasteiger partial charge in [-0.05, 0) is 31.5 Å². The number of carbonyl (C=O) groups is 1. The van der Waals surface area contributed by atoms with Gasteiger partial charge in [0, 0.05) is 11.3 Å². The molecule has 0 spiro atoms. The van der Waals surface area contributed by atoms with Crippen molar-refractivity contribution in [2.45, 2.75) is 13.8 Å². The molecule has 0 unspecified atom stereocenters. The monoisotopic (exact) mass is 262 g/mol. The molecule has 102 valence electrons. The molecule has 0 aliphatic carbocycles. The van der Waals surface area contributed by atoms with E-state index >= 15 is 0 Å². The zero-order valence-corrected chi connectivity index (χ0v) is 10.9. The van der Waals surface area contributed by atoms with Gasteiger partial charge in [0.25, 0.3) is 0 Å². The highest BCUT2D eigenvalue weighted by atomic mass is 16.2. The van der Waals surface area contributed by atoms with E-state index in [0.717, 1.165) is 28.2 Å². The van der Waals surface area contributed by atoms with Crippen LogP contribution in [0, 0.1) is 13.8 Å². The van der Waals surface area contributed by atoms with Crippen molar-refractivity contribution < 1.29 is 4.79 Å². The van der Waals surface area contributed by atoms with Crippen LogP contribution in [-0.2, 0) is 0 Å². The molecule has 1 aromatic carbocycles. The third kappa shape index (κ3) is 4.32. The first kappa shape index (κ1) is 14.5. The van der Waals surface area contributed by atoms with Crippen LogP contribution in [0.3, 0.4) is 0 Å². The zero-order valence-electron chi connectivity index (χ0n) is 10.9. The number of aromatic amines is 1. The summed E-state index contributed by atoms with van der Waals surface area (Å²) in [6.45, 7) is 3.95. The molecule has 2 rings (SSSR count). The number of aryl methyl sites for hydroxylation is 2. The lowest BCUT2D eigenvalue weighted by atomic mass is 10.1. The van der Waals surface area contributed by atoms with E-state index in [1.165, 1.54) is 0 Å². The van der Waals surface area contributed by atoms with Crippen molar-refractivity contribution in [2.24, 2.45) is 11.6 Å². The Morgan fingerprint density at radius 2 is 1.95 bits per heavy atom. The van der Waals surface area contributed by atoms with Crippen LogP contribution in [0.1, 0.15) is 11.3 Å². The summed E-state index contributed by atoms with van der Waals surface area (Å²) in [4.78, 5) is 9.35. The number of carbonyl (C=O) groups excluding carboxylic acids is 1. The molecule has 2 aromatic rings. The zero-order chi connectivity index (χ0) is 14.4. The van der Waals surface area contributed by atoms with Crippen LogP contribution in [0.4, 0.5) is 10.5 Å². The Balaban J connectivity index is 0.000000312. The lowest BCUT2D eigenvalue weighted by Crippen LogP contribution is -2.34. The number of nitrogens with two attached hydrogens (primary N) is 3. The Bertz CT molecular complexity index is 563. The van der Waals surface area contributed by atoms with E-state index in [1.807, 2.05) is 38.1 Å². The number of H-pyrrole nitrogens is 1. The molecule has 8 N–H and O–H groups in total. The fraction of sp³-hybridized carbons (Fsp3) is 0.167. The van der Waals surface area contributed by atoms with Crippen LogP contribution in [0.25, 0.3) is 11.3 Å². The summed E-state index contributed by atoms with van der Waals surface area (Å²) in [7, 11) is 0. The Hall–Kier alpha value is -2.54. The molecule has 0 atom stereocenters. The van der Waals surface area contributed by atoms with Crippen LogP contribution in [0.2, 0.25) is 0 Å². The summed E-state index contributed by atoms with van der Waals surface area (Å²) in [5, 5.41) is 7.04. The molecule has 0 saturated heterocycles. The summed E-state index contributed by atoms with van der Waals surface area (Å²) in [5.74, 6) is 4.45. The number of amides is 2. The van der Waals surface area contributed by atoms with Gasteiger partial charge in [0.15, 0.2) is 0 Å². The smallest absolute Gasteiger partial charge is 0.326 e. The number of urea groups is 1. The van der Waals surface area contributed by atoms with Gasteiger partial charge in [-0.25, -0.2) is 10.6 Å². The highest BCUT2D eigenvalue weighted by molar-refractivity contribution is 5.70. The van der Waals surface area contributed by atoms with E-state index in [4.69, 9.17) is 5.73 Å². The van der Waals surface area contributed by atoms with Crippen molar-refractivity contribution in [1.29, 1.82) is 0 Å². The largest absolute Gasteiger partial charge is 0.398 e. The third-order valence-electron chi connectivity index (χ3n) is 2.44. The van der Waals surface area contributed by atoms with Gasteiger partial charge in [-0.3, -0.25) is 10.5 Å². The second-order valence-electron chi connectivity index (χ2n) is 4.00. The van der Waals surface area contributed by atoms with Gasteiger partial charge in [0.2, 0.25) is 0 Å². The molecule has 0 aliphatic rings. The molecule has 0 saturated carbocycles. The van der Waals surface area contributed by atoms with Gasteiger partial charge in [0.05, 0.1) is 11.4 Å². The second kappa shape index (κ2) is 6.41. The van der Waals surface area contributed by atoms with E-state index in [1.54, 1.807) is 5.43 Å². The Kier molecular flexibility index (Phi) is 4.90. The molecule has 19 heavy (non-hydrogen) atoms. The SMILES string of the molecule is Cc1cc(-c2ccc(C)c(N)c2)[nH]n1.NNC(N)=O. The van der Waals surface area contributed by atoms with Crippen molar-refractivity contribution in [1.82, 2.24) is 15.6 Å². The predicted octanol–water partition coefficient (Wildman–Crippen LogP) is 0.804. The minimum Gasteiger partial charge on any atom is -0.398 e. The summed E-state index contributed by atoms with van der Waals surface area (Å²) < 4.78 is 0. The van der Waals surface area contributed by atoms with E-state index in [9.17, 15) is 4.79 Å². The van der Waals surface area contributed by atoms with E-state index in [0.29, 0.717) is 0 Å². The average Bonchev–Trinajstić information content (AvgIpc) is 2.80. The number of aromatic nitrogens is 2. The van der Waals surface area contributed by atoms with Crippen molar-refractivity contribution in [3.63, 3.8) is 0 Å². The van der Waals surface area contributed by atoms with Crippen LogP contribution in [-0.4, -0.2) is 16.2 Å². The maximum absolute atomic E-state index is 9.35. The number of benzene rings is 1. The first-order valence-corrected chi connectivity index (χ1v) is 5.58. The topological polar surface area (TPSA) is 136 Å². The van der Waals surface area contributed by atoms with Gasteiger partial charge >= 0.3 is 6.03 Å². The summed E-state index contributed by atoms with van der Waals surface area (Å²) in [6, 6.07) is 7.30.